The number of rotatable bonds is 10. The lowest BCUT2D eigenvalue weighted by Crippen LogP contribution is -2.17. The van der Waals surface area contributed by atoms with Crippen LogP contribution in [0.5, 0.6) is 11.5 Å². The molecule has 1 heterocycles. The van der Waals surface area contributed by atoms with E-state index in [2.05, 4.69) is 20.8 Å². The molecule has 1 amide bonds. The number of carbonyl (C=O) groups excluding carboxylic acids is 1. The number of nitrogens with zero attached hydrogens (tertiary/aromatic N) is 2. The number of thiazole rings is 1. The van der Waals surface area contributed by atoms with Gasteiger partial charge in [0.25, 0.3) is 5.91 Å². The summed E-state index contributed by atoms with van der Waals surface area (Å²) in [7, 11) is 1.53. The first-order chi connectivity index (χ1) is 20.0. The molecule has 0 fully saturated rings. The predicted molar refractivity (Wildman–Crippen MR) is 166 cm³/mol. The van der Waals surface area contributed by atoms with E-state index in [1.54, 1.807) is 36.4 Å². The average Bonchev–Trinajstić information content (AvgIpc) is 3.46. The number of para-hydroxylation sites is 1. The van der Waals surface area contributed by atoms with Crippen molar-refractivity contribution in [2.45, 2.75) is 6.61 Å². The van der Waals surface area contributed by atoms with Gasteiger partial charge in [0, 0.05) is 27.2 Å². The van der Waals surface area contributed by atoms with E-state index in [-0.39, 0.29) is 5.91 Å². The highest BCUT2D eigenvalue weighted by Gasteiger charge is 2.13. The van der Waals surface area contributed by atoms with Crippen molar-refractivity contribution < 1.29 is 14.3 Å². The van der Waals surface area contributed by atoms with E-state index >= 15 is 0 Å². The lowest BCUT2D eigenvalue weighted by molar-refractivity contribution is 0.0955. The van der Waals surface area contributed by atoms with Gasteiger partial charge in [0.15, 0.2) is 16.6 Å². The summed E-state index contributed by atoms with van der Waals surface area (Å²) in [5, 5.41) is 11.1. The Morgan fingerprint density at radius 1 is 1.00 bits per heavy atom. The van der Waals surface area contributed by atoms with Gasteiger partial charge in [-0.05, 0) is 59.7 Å². The quantitative estimate of drug-likeness (QED) is 0.124. The molecule has 0 atom stereocenters. The minimum Gasteiger partial charge on any atom is -0.493 e. The highest BCUT2D eigenvalue weighted by molar-refractivity contribution is 7.14. The highest BCUT2D eigenvalue weighted by Crippen LogP contribution is 2.36. The topological polar surface area (TPSA) is 84.8 Å². The summed E-state index contributed by atoms with van der Waals surface area (Å²) in [4.78, 5) is 17.3. The van der Waals surface area contributed by atoms with Crippen LogP contribution in [0, 0.1) is 0 Å². The van der Waals surface area contributed by atoms with Gasteiger partial charge in [-0.15, -0.1) is 11.3 Å². The molecule has 0 spiro atoms. The first-order valence-electron chi connectivity index (χ1n) is 12.4. The van der Waals surface area contributed by atoms with Gasteiger partial charge in [-0.2, -0.15) is 5.10 Å². The minimum atomic E-state index is -0.349. The molecule has 0 unspecified atom stereocenters. The molecular formula is C31H24Cl2N4O3S. The molecule has 10 heteroatoms. The van der Waals surface area contributed by atoms with Crippen LogP contribution in [-0.4, -0.2) is 24.2 Å². The molecule has 0 saturated heterocycles. The summed E-state index contributed by atoms with van der Waals surface area (Å²) in [6.07, 6.45) is 1.49. The summed E-state index contributed by atoms with van der Waals surface area (Å²) in [6, 6.07) is 27.8. The third-order valence-corrected chi connectivity index (χ3v) is 7.19. The van der Waals surface area contributed by atoms with Crippen molar-refractivity contribution in [2.24, 2.45) is 5.10 Å². The lowest BCUT2D eigenvalue weighted by atomic mass is 10.1. The van der Waals surface area contributed by atoms with E-state index in [0.29, 0.717) is 39.3 Å². The second-order valence-electron chi connectivity index (χ2n) is 8.75. The number of hydrogen-bond acceptors (Lipinski definition) is 7. The van der Waals surface area contributed by atoms with Crippen LogP contribution >= 0.6 is 34.5 Å². The van der Waals surface area contributed by atoms with Crippen LogP contribution in [0.25, 0.3) is 11.3 Å². The molecule has 0 saturated carbocycles. The van der Waals surface area contributed by atoms with Crippen molar-refractivity contribution >= 4 is 57.5 Å². The SMILES string of the molecule is COc1cc(/C=N\NC(=O)c2ccc(-c3csc(Nc4ccccc4)n3)cc2)cc(Cl)c1OCc1ccc(Cl)cc1. The summed E-state index contributed by atoms with van der Waals surface area (Å²) >= 11 is 13.9. The Bertz CT molecular complexity index is 1660. The number of halogens is 2. The van der Waals surface area contributed by atoms with Crippen molar-refractivity contribution in [2.75, 3.05) is 12.4 Å². The number of nitrogens with one attached hydrogen (secondary N) is 2. The molecule has 0 aliphatic rings. The van der Waals surface area contributed by atoms with E-state index in [4.69, 9.17) is 32.7 Å². The Labute approximate surface area is 251 Å². The zero-order chi connectivity index (χ0) is 28.6. The molecule has 0 bridgehead atoms. The normalized spacial score (nSPS) is 10.9. The van der Waals surface area contributed by atoms with Crippen LogP contribution in [0.1, 0.15) is 21.5 Å². The van der Waals surface area contributed by atoms with Crippen molar-refractivity contribution in [1.82, 2.24) is 10.4 Å². The third kappa shape index (κ3) is 7.43. The van der Waals surface area contributed by atoms with Crippen molar-refractivity contribution in [3.63, 3.8) is 0 Å². The number of anilines is 2. The molecule has 1 aromatic heterocycles. The Kier molecular flexibility index (Phi) is 9.15. The first-order valence-corrected chi connectivity index (χ1v) is 14.1. The molecule has 41 heavy (non-hydrogen) atoms. The second-order valence-corrected chi connectivity index (χ2v) is 10.5. The van der Waals surface area contributed by atoms with E-state index in [1.807, 2.05) is 60.0 Å². The number of benzene rings is 4. The standard InChI is InChI=1S/C31H24Cl2N4O3S/c1-39-28-16-21(15-26(33)29(28)40-18-20-7-13-24(32)14-8-20)17-34-37-30(38)23-11-9-22(10-12-23)27-19-41-31(36-27)35-25-5-3-2-4-6-25/h2-17,19H,18H2,1H3,(H,35,36)(H,37,38)/b34-17-. The summed E-state index contributed by atoms with van der Waals surface area (Å²) in [6.45, 7) is 0.295. The Balaban J connectivity index is 1.18. The number of aromatic nitrogens is 1. The number of hydrogen-bond donors (Lipinski definition) is 2. The molecule has 5 aromatic rings. The van der Waals surface area contributed by atoms with Crippen LogP contribution in [0.3, 0.4) is 0 Å². The van der Waals surface area contributed by atoms with Crippen molar-refractivity contribution in [3.05, 3.63) is 123 Å². The van der Waals surface area contributed by atoms with Gasteiger partial charge in [0.1, 0.15) is 6.61 Å². The fourth-order valence-electron chi connectivity index (χ4n) is 3.82. The van der Waals surface area contributed by atoms with E-state index in [9.17, 15) is 4.79 Å². The van der Waals surface area contributed by atoms with E-state index in [0.717, 1.165) is 27.6 Å². The molecule has 0 aliphatic heterocycles. The zero-order valence-corrected chi connectivity index (χ0v) is 24.1. The number of hydrazone groups is 1. The predicted octanol–water partition coefficient (Wildman–Crippen LogP) is 8.21. The fraction of sp³-hybridized carbons (Fsp3) is 0.0645. The summed E-state index contributed by atoms with van der Waals surface area (Å²) in [5.74, 6) is 0.506. The maximum Gasteiger partial charge on any atom is 0.271 e. The van der Waals surface area contributed by atoms with Crippen LogP contribution in [0.2, 0.25) is 10.0 Å². The smallest absolute Gasteiger partial charge is 0.271 e. The first kappa shape index (κ1) is 28.2. The van der Waals surface area contributed by atoms with Crippen molar-refractivity contribution in [3.8, 4) is 22.8 Å². The van der Waals surface area contributed by atoms with Gasteiger partial charge in [0.2, 0.25) is 0 Å². The van der Waals surface area contributed by atoms with Gasteiger partial charge >= 0.3 is 0 Å². The molecule has 206 valence electrons. The number of carbonyl (C=O) groups is 1. The van der Waals surface area contributed by atoms with Crippen molar-refractivity contribution in [1.29, 1.82) is 0 Å². The zero-order valence-electron chi connectivity index (χ0n) is 21.8. The molecule has 0 radical (unpaired) electrons. The molecule has 0 aliphatic carbocycles. The second kappa shape index (κ2) is 13.3. The Morgan fingerprint density at radius 2 is 1.76 bits per heavy atom. The van der Waals surface area contributed by atoms with Gasteiger partial charge in [0.05, 0.1) is 24.0 Å². The van der Waals surface area contributed by atoms with E-state index < -0.39 is 0 Å². The number of ether oxygens (including phenoxy) is 2. The Morgan fingerprint density at radius 3 is 2.49 bits per heavy atom. The van der Waals surface area contributed by atoms with Gasteiger partial charge in [-0.3, -0.25) is 4.79 Å². The van der Waals surface area contributed by atoms with Crippen LogP contribution < -0.4 is 20.2 Å². The maximum atomic E-state index is 12.6. The Hall–Kier alpha value is -4.37. The van der Waals surface area contributed by atoms with Crippen LogP contribution in [-0.2, 0) is 6.61 Å². The summed E-state index contributed by atoms with van der Waals surface area (Å²) < 4.78 is 11.4. The molecule has 5 rings (SSSR count). The van der Waals surface area contributed by atoms with E-state index in [1.165, 1.54) is 24.7 Å². The highest BCUT2D eigenvalue weighted by atomic mass is 35.5. The van der Waals surface area contributed by atoms with Gasteiger partial charge in [-0.1, -0.05) is 65.7 Å². The molecule has 7 nitrogen and oxygen atoms in total. The van der Waals surface area contributed by atoms with Gasteiger partial charge in [-0.25, -0.2) is 10.4 Å². The van der Waals surface area contributed by atoms with Crippen LogP contribution in [0.15, 0.2) is 101 Å². The maximum absolute atomic E-state index is 12.6. The molecular weight excluding hydrogens is 579 g/mol. The largest absolute Gasteiger partial charge is 0.493 e. The van der Waals surface area contributed by atoms with Crippen LogP contribution in [0.4, 0.5) is 10.8 Å². The minimum absolute atomic E-state index is 0.295. The number of amides is 1. The average molecular weight is 604 g/mol. The third-order valence-electron chi connectivity index (χ3n) is 5.90. The lowest BCUT2D eigenvalue weighted by Gasteiger charge is -2.13. The monoisotopic (exact) mass is 602 g/mol. The molecule has 4 aromatic carbocycles. The number of methoxy groups -OCH3 is 1. The summed E-state index contributed by atoms with van der Waals surface area (Å²) in [5.41, 5.74) is 7.27. The fourth-order valence-corrected chi connectivity index (χ4v) is 4.96. The van der Waals surface area contributed by atoms with Gasteiger partial charge < -0.3 is 14.8 Å². The molecule has 2 N–H and O–H groups in total.